The molecule has 1 aliphatic heterocycles. The summed E-state index contributed by atoms with van der Waals surface area (Å²) in [6, 6.07) is 0.397. The van der Waals surface area contributed by atoms with Crippen LogP contribution in [-0.2, 0) is 4.79 Å². The van der Waals surface area contributed by atoms with Gasteiger partial charge in [-0.2, -0.15) is 0 Å². The molecule has 118 valence electrons. The standard InChI is InChI=1S/C17H34N2O/c1-7-8-15-17(20)19(14(6)10-9-12(2)3)16(18-15)11-13(4)5/h12-16,18H,7-11H2,1-6H3. The van der Waals surface area contributed by atoms with Crippen LogP contribution < -0.4 is 5.32 Å². The minimum Gasteiger partial charge on any atom is -0.323 e. The van der Waals surface area contributed by atoms with Gasteiger partial charge in [-0.25, -0.2) is 0 Å². The van der Waals surface area contributed by atoms with Gasteiger partial charge in [0.05, 0.1) is 12.2 Å². The molecule has 0 aromatic rings. The van der Waals surface area contributed by atoms with Crippen molar-refractivity contribution in [3.05, 3.63) is 0 Å². The van der Waals surface area contributed by atoms with Gasteiger partial charge < -0.3 is 4.90 Å². The topological polar surface area (TPSA) is 32.3 Å². The molecule has 0 bridgehead atoms. The lowest BCUT2D eigenvalue weighted by Crippen LogP contribution is -2.44. The van der Waals surface area contributed by atoms with Crippen LogP contribution in [0.1, 0.15) is 73.6 Å². The van der Waals surface area contributed by atoms with Crippen LogP contribution >= 0.6 is 0 Å². The molecule has 3 heteroatoms. The Morgan fingerprint density at radius 1 is 1.10 bits per heavy atom. The molecule has 0 spiro atoms. The summed E-state index contributed by atoms with van der Waals surface area (Å²) in [4.78, 5) is 14.8. The number of hydrogen-bond acceptors (Lipinski definition) is 2. The molecule has 1 N–H and O–H groups in total. The minimum absolute atomic E-state index is 0.0465. The van der Waals surface area contributed by atoms with Crippen LogP contribution in [0.2, 0.25) is 0 Å². The van der Waals surface area contributed by atoms with Gasteiger partial charge in [0.2, 0.25) is 5.91 Å². The number of nitrogens with zero attached hydrogens (tertiary/aromatic N) is 1. The number of amides is 1. The first-order valence-electron chi connectivity index (χ1n) is 8.45. The summed E-state index contributed by atoms with van der Waals surface area (Å²) < 4.78 is 0. The lowest BCUT2D eigenvalue weighted by Gasteiger charge is -2.31. The Balaban J connectivity index is 2.72. The van der Waals surface area contributed by atoms with Crippen LogP contribution in [0.25, 0.3) is 0 Å². The third-order valence-electron chi connectivity index (χ3n) is 4.19. The minimum atomic E-state index is 0.0465. The second kappa shape index (κ2) is 8.02. The maximum atomic E-state index is 12.6. The monoisotopic (exact) mass is 282 g/mol. The molecule has 3 unspecified atom stereocenters. The van der Waals surface area contributed by atoms with Crippen molar-refractivity contribution in [1.82, 2.24) is 10.2 Å². The van der Waals surface area contributed by atoms with E-state index in [4.69, 9.17) is 0 Å². The van der Waals surface area contributed by atoms with E-state index in [0.29, 0.717) is 23.8 Å². The lowest BCUT2D eigenvalue weighted by molar-refractivity contribution is -0.132. The molecule has 1 fully saturated rings. The fourth-order valence-corrected chi connectivity index (χ4v) is 3.08. The number of carbonyl (C=O) groups excluding carboxylic acids is 1. The Morgan fingerprint density at radius 3 is 2.25 bits per heavy atom. The number of carbonyl (C=O) groups is 1. The predicted octanol–water partition coefficient (Wildman–Crippen LogP) is 3.78. The summed E-state index contributed by atoms with van der Waals surface area (Å²) in [5.41, 5.74) is 0. The Labute approximate surface area is 125 Å². The van der Waals surface area contributed by atoms with Crippen LogP contribution in [0.3, 0.4) is 0 Å². The van der Waals surface area contributed by atoms with E-state index < -0.39 is 0 Å². The van der Waals surface area contributed by atoms with E-state index in [1.807, 2.05) is 0 Å². The van der Waals surface area contributed by atoms with Gasteiger partial charge in [0.25, 0.3) is 0 Å². The molecule has 0 aromatic carbocycles. The Bertz CT molecular complexity index is 301. The Kier molecular flexibility index (Phi) is 7.01. The molecule has 0 aliphatic carbocycles. The van der Waals surface area contributed by atoms with Crippen molar-refractivity contribution in [2.75, 3.05) is 0 Å². The lowest BCUT2D eigenvalue weighted by atomic mass is 10.0. The number of nitrogens with one attached hydrogen (secondary N) is 1. The highest BCUT2D eigenvalue weighted by Gasteiger charge is 2.40. The van der Waals surface area contributed by atoms with Crippen molar-refractivity contribution in [3.63, 3.8) is 0 Å². The van der Waals surface area contributed by atoms with Crippen molar-refractivity contribution in [2.45, 2.75) is 91.9 Å². The van der Waals surface area contributed by atoms with Gasteiger partial charge in [0.1, 0.15) is 0 Å². The quantitative estimate of drug-likeness (QED) is 0.734. The highest BCUT2D eigenvalue weighted by molar-refractivity contribution is 5.84. The summed E-state index contributed by atoms with van der Waals surface area (Å²) in [5, 5.41) is 3.57. The zero-order chi connectivity index (χ0) is 15.3. The van der Waals surface area contributed by atoms with E-state index in [9.17, 15) is 4.79 Å². The summed E-state index contributed by atoms with van der Waals surface area (Å²) in [5.74, 6) is 1.65. The van der Waals surface area contributed by atoms with Crippen molar-refractivity contribution in [1.29, 1.82) is 0 Å². The molecule has 1 rings (SSSR count). The van der Waals surface area contributed by atoms with Gasteiger partial charge in [-0.3, -0.25) is 10.1 Å². The largest absolute Gasteiger partial charge is 0.323 e. The van der Waals surface area contributed by atoms with Crippen LogP contribution in [0.4, 0.5) is 0 Å². The predicted molar refractivity (Wildman–Crippen MR) is 85.5 cm³/mol. The molecule has 0 aromatic heterocycles. The second-order valence-corrected chi connectivity index (χ2v) is 7.22. The van der Waals surface area contributed by atoms with E-state index in [-0.39, 0.29) is 12.2 Å². The molecule has 3 atom stereocenters. The Hall–Kier alpha value is -0.570. The molecule has 1 amide bonds. The van der Waals surface area contributed by atoms with Gasteiger partial charge in [-0.05, 0) is 44.4 Å². The van der Waals surface area contributed by atoms with Crippen molar-refractivity contribution in [2.24, 2.45) is 11.8 Å². The van der Waals surface area contributed by atoms with Crippen molar-refractivity contribution < 1.29 is 4.79 Å². The molecular weight excluding hydrogens is 248 g/mol. The average molecular weight is 282 g/mol. The summed E-state index contributed by atoms with van der Waals surface area (Å²) in [6.45, 7) is 13.3. The molecular formula is C17H34N2O. The molecule has 0 saturated carbocycles. The smallest absolute Gasteiger partial charge is 0.241 e. The normalized spacial score (nSPS) is 25.0. The van der Waals surface area contributed by atoms with Gasteiger partial charge in [-0.15, -0.1) is 0 Å². The van der Waals surface area contributed by atoms with Gasteiger partial charge >= 0.3 is 0 Å². The highest BCUT2D eigenvalue weighted by Crippen LogP contribution is 2.24. The zero-order valence-corrected chi connectivity index (χ0v) is 14.3. The molecule has 0 radical (unpaired) electrons. The molecule has 1 aliphatic rings. The first-order chi connectivity index (χ1) is 9.36. The van der Waals surface area contributed by atoms with Crippen molar-refractivity contribution in [3.8, 4) is 0 Å². The van der Waals surface area contributed by atoms with E-state index in [1.165, 1.54) is 6.42 Å². The fourth-order valence-electron chi connectivity index (χ4n) is 3.08. The van der Waals surface area contributed by atoms with E-state index in [1.54, 1.807) is 0 Å². The van der Waals surface area contributed by atoms with Gasteiger partial charge in [0.15, 0.2) is 0 Å². The van der Waals surface area contributed by atoms with E-state index in [2.05, 4.69) is 51.8 Å². The van der Waals surface area contributed by atoms with Crippen molar-refractivity contribution >= 4 is 5.91 Å². The number of hydrogen-bond donors (Lipinski definition) is 1. The van der Waals surface area contributed by atoms with Crippen LogP contribution in [-0.4, -0.2) is 29.1 Å². The van der Waals surface area contributed by atoms with Crippen LogP contribution in [0.5, 0.6) is 0 Å². The van der Waals surface area contributed by atoms with Gasteiger partial charge in [-0.1, -0.05) is 41.0 Å². The summed E-state index contributed by atoms with van der Waals surface area (Å²) >= 11 is 0. The van der Waals surface area contributed by atoms with Crippen LogP contribution in [0.15, 0.2) is 0 Å². The van der Waals surface area contributed by atoms with E-state index in [0.717, 1.165) is 25.7 Å². The number of rotatable bonds is 8. The zero-order valence-electron chi connectivity index (χ0n) is 14.3. The molecule has 1 heterocycles. The average Bonchev–Trinajstić information content (AvgIpc) is 2.63. The first kappa shape index (κ1) is 17.5. The summed E-state index contributed by atoms with van der Waals surface area (Å²) in [7, 11) is 0. The fraction of sp³-hybridized carbons (Fsp3) is 0.941. The molecule has 1 saturated heterocycles. The highest BCUT2D eigenvalue weighted by atomic mass is 16.2. The van der Waals surface area contributed by atoms with Crippen LogP contribution in [0, 0.1) is 11.8 Å². The second-order valence-electron chi connectivity index (χ2n) is 7.22. The molecule has 3 nitrogen and oxygen atoms in total. The summed E-state index contributed by atoms with van der Waals surface area (Å²) in [6.07, 6.45) is 5.61. The Morgan fingerprint density at radius 2 is 1.75 bits per heavy atom. The third kappa shape index (κ3) is 4.76. The SMILES string of the molecule is CCCC1NC(CC(C)C)N(C(C)CCC(C)C)C1=O. The maximum Gasteiger partial charge on any atom is 0.241 e. The first-order valence-corrected chi connectivity index (χ1v) is 8.45. The van der Waals surface area contributed by atoms with E-state index >= 15 is 0 Å². The maximum absolute atomic E-state index is 12.6. The molecule has 20 heavy (non-hydrogen) atoms. The van der Waals surface area contributed by atoms with Gasteiger partial charge in [0, 0.05) is 6.04 Å². The third-order valence-corrected chi connectivity index (χ3v) is 4.19.